The molecule has 0 radical (unpaired) electrons. The molecule has 0 bridgehead atoms. The smallest absolute Gasteiger partial charge is 0.262 e. The highest BCUT2D eigenvalue weighted by Gasteiger charge is 2.10. The molecule has 0 spiro atoms. The van der Waals surface area contributed by atoms with Crippen molar-refractivity contribution in [2.75, 3.05) is 0 Å². The minimum absolute atomic E-state index is 0.904. The lowest BCUT2D eigenvalue weighted by Gasteiger charge is -1.96. The Morgan fingerprint density at radius 1 is 0.654 bits per heavy atom. The van der Waals surface area contributed by atoms with E-state index in [4.69, 9.17) is 0 Å². The molecule has 6 nitrogen and oxygen atoms in total. The minimum atomic E-state index is -0.904. The minimum Gasteiger partial charge on any atom is -0.262 e. The fourth-order valence-electron chi connectivity index (χ4n) is 1.82. The third-order valence-corrected chi connectivity index (χ3v) is 3.04. The van der Waals surface area contributed by atoms with Crippen LogP contribution in [0.3, 0.4) is 0 Å². The van der Waals surface area contributed by atoms with Crippen LogP contribution in [0.25, 0.3) is 12.2 Å². The summed E-state index contributed by atoms with van der Waals surface area (Å²) in [6.07, 6.45) is 9.70. The van der Waals surface area contributed by atoms with Crippen LogP contribution in [0.4, 0.5) is 0 Å². The molecule has 6 heteroatoms. The van der Waals surface area contributed by atoms with Crippen molar-refractivity contribution in [1.29, 1.82) is 0 Å². The van der Waals surface area contributed by atoms with E-state index in [1.807, 2.05) is 72.8 Å². The fraction of sp³-hybridized carbons (Fsp3) is 0. The summed E-state index contributed by atoms with van der Waals surface area (Å²) < 4.78 is 0. The number of amides is 2. The van der Waals surface area contributed by atoms with Crippen LogP contribution in [0.5, 0.6) is 0 Å². The van der Waals surface area contributed by atoms with Gasteiger partial charge in [0.2, 0.25) is 0 Å². The summed E-state index contributed by atoms with van der Waals surface area (Å²) in [6, 6.07) is 19.2. The van der Waals surface area contributed by atoms with Gasteiger partial charge in [0.15, 0.2) is 0 Å². The third-order valence-electron chi connectivity index (χ3n) is 3.04. The van der Waals surface area contributed by atoms with Crippen molar-refractivity contribution in [3.8, 4) is 0 Å². The van der Waals surface area contributed by atoms with Crippen molar-refractivity contribution in [3.63, 3.8) is 0 Å². The Morgan fingerprint density at radius 2 is 1.04 bits per heavy atom. The zero-order valence-electron chi connectivity index (χ0n) is 13.9. The zero-order chi connectivity index (χ0) is 18.5. The summed E-state index contributed by atoms with van der Waals surface area (Å²) in [5.41, 5.74) is 6.22. The van der Waals surface area contributed by atoms with Crippen LogP contribution in [0, 0.1) is 0 Å². The van der Waals surface area contributed by atoms with Crippen molar-refractivity contribution in [3.05, 3.63) is 83.9 Å². The highest BCUT2D eigenvalue weighted by molar-refractivity contribution is 6.35. The summed E-state index contributed by atoms with van der Waals surface area (Å²) in [5.74, 6) is -1.81. The molecule has 0 aliphatic rings. The number of nitrogens with zero attached hydrogens (tertiary/aromatic N) is 2. The lowest BCUT2D eigenvalue weighted by Crippen LogP contribution is -2.35. The second kappa shape index (κ2) is 10.9. The standard InChI is InChI=1S/C20H18N4O2/c25-19(23-21-15-7-13-17-9-3-1-4-10-17)20(26)24-22-16-8-14-18-11-5-2-6-12-18/h1-16H,(H,23,25)(H,24,26). The Bertz CT molecular complexity index is 754. The van der Waals surface area contributed by atoms with E-state index in [1.165, 1.54) is 12.4 Å². The first-order valence-corrected chi connectivity index (χ1v) is 7.85. The van der Waals surface area contributed by atoms with Crippen LogP contribution in [0.2, 0.25) is 0 Å². The molecule has 0 saturated carbocycles. The molecule has 2 N–H and O–H groups in total. The Morgan fingerprint density at radius 3 is 1.42 bits per heavy atom. The predicted molar refractivity (Wildman–Crippen MR) is 104 cm³/mol. The molecule has 2 amide bonds. The summed E-state index contributed by atoms with van der Waals surface area (Å²) in [4.78, 5) is 23.0. The topological polar surface area (TPSA) is 82.9 Å². The molecule has 130 valence electrons. The monoisotopic (exact) mass is 346 g/mol. The Kier molecular flexibility index (Phi) is 7.76. The molecule has 2 aromatic carbocycles. The Labute approximate surface area is 151 Å². The summed E-state index contributed by atoms with van der Waals surface area (Å²) >= 11 is 0. The van der Waals surface area contributed by atoms with E-state index >= 15 is 0 Å². The van der Waals surface area contributed by atoms with Gasteiger partial charge in [0.05, 0.1) is 0 Å². The molecule has 0 aliphatic carbocycles. The number of carbonyl (C=O) groups is 2. The molecule has 0 aliphatic heterocycles. The Balaban J connectivity index is 1.69. The van der Waals surface area contributed by atoms with Gasteiger partial charge in [0.1, 0.15) is 0 Å². The van der Waals surface area contributed by atoms with Gasteiger partial charge in [-0.3, -0.25) is 9.59 Å². The number of carbonyl (C=O) groups excluding carboxylic acids is 2. The maximum absolute atomic E-state index is 11.5. The van der Waals surface area contributed by atoms with E-state index in [2.05, 4.69) is 21.1 Å². The van der Waals surface area contributed by atoms with Gasteiger partial charge in [-0.15, -0.1) is 0 Å². The van der Waals surface area contributed by atoms with Gasteiger partial charge in [-0.25, -0.2) is 10.9 Å². The number of allylic oxidation sites excluding steroid dienone is 2. The van der Waals surface area contributed by atoms with E-state index in [-0.39, 0.29) is 0 Å². The molecule has 2 aromatic rings. The highest BCUT2D eigenvalue weighted by atomic mass is 16.2. The number of nitrogens with one attached hydrogen (secondary N) is 2. The molecule has 26 heavy (non-hydrogen) atoms. The molecule has 0 atom stereocenters. The number of hydrogen-bond donors (Lipinski definition) is 2. The molecular formula is C20H18N4O2. The Hall–Kier alpha value is -3.80. The largest absolute Gasteiger partial charge is 0.331 e. The predicted octanol–water partition coefficient (Wildman–Crippen LogP) is 2.62. The molecule has 0 saturated heterocycles. The highest BCUT2D eigenvalue weighted by Crippen LogP contribution is 2.00. The number of rotatable bonds is 6. The normalized spacial score (nSPS) is 11.5. The first-order valence-electron chi connectivity index (χ1n) is 7.85. The first-order chi connectivity index (χ1) is 12.8. The molecule has 0 fully saturated rings. The summed E-state index contributed by atoms with van der Waals surface area (Å²) in [7, 11) is 0. The van der Waals surface area contributed by atoms with E-state index in [1.54, 1.807) is 12.2 Å². The van der Waals surface area contributed by atoms with Gasteiger partial charge < -0.3 is 0 Å². The third kappa shape index (κ3) is 7.18. The van der Waals surface area contributed by atoms with Gasteiger partial charge in [0.25, 0.3) is 0 Å². The quantitative estimate of drug-likeness (QED) is 0.479. The molecular weight excluding hydrogens is 328 g/mol. The van der Waals surface area contributed by atoms with Gasteiger partial charge in [-0.1, -0.05) is 72.8 Å². The van der Waals surface area contributed by atoms with Gasteiger partial charge in [-0.05, 0) is 23.3 Å². The van der Waals surface area contributed by atoms with E-state index in [9.17, 15) is 9.59 Å². The number of hydrazone groups is 2. The fourth-order valence-corrected chi connectivity index (χ4v) is 1.82. The summed E-state index contributed by atoms with van der Waals surface area (Å²) in [5, 5.41) is 7.31. The van der Waals surface area contributed by atoms with Gasteiger partial charge in [0, 0.05) is 12.4 Å². The second-order valence-electron chi connectivity index (χ2n) is 4.98. The van der Waals surface area contributed by atoms with Crippen LogP contribution < -0.4 is 10.9 Å². The van der Waals surface area contributed by atoms with Crippen LogP contribution in [0.15, 0.2) is 83.0 Å². The van der Waals surface area contributed by atoms with E-state index in [0.717, 1.165) is 11.1 Å². The second-order valence-corrected chi connectivity index (χ2v) is 4.98. The van der Waals surface area contributed by atoms with Crippen molar-refractivity contribution in [2.45, 2.75) is 0 Å². The van der Waals surface area contributed by atoms with Gasteiger partial charge >= 0.3 is 11.8 Å². The van der Waals surface area contributed by atoms with E-state index in [0.29, 0.717) is 0 Å². The molecule has 0 unspecified atom stereocenters. The average molecular weight is 346 g/mol. The SMILES string of the molecule is O=C(NN=CC=Cc1ccccc1)C(=O)NN=CC=Cc1ccccc1. The molecule has 0 aromatic heterocycles. The van der Waals surface area contributed by atoms with E-state index < -0.39 is 11.8 Å². The van der Waals surface area contributed by atoms with Gasteiger partial charge in [-0.2, -0.15) is 10.2 Å². The molecule has 0 heterocycles. The zero-order valence-corrected chi connectivity index (χ0v) is 13.9. The molecule has 2 rings (SSSR count). The first kappa shape index (κ1) is 18.5. The summed E-state index contributed by atoms with van der Waals surface area (Å²) in [6.45, 7) is 0. The van der Waals surface area contributed by atoms with Crippen molar-refractivity contribution in [2.24, 2.45) is 10.2 Å². The van der Waals surface area contributed by atoms with Crippen LogP contribution in [-0.4, -0.2) is 24.2 Å². The van der Waals surface area contributed by atoms with Crippen molar-refractivity contribution >= 4 is 36.4 Å². The lowest BCUT2D eigenvalue weighted by atomic mass is 10.2. The maximum Gasteiger partial charge on any atom is 0.331 e. The van der Waals surface area contributed by atoms with Crippen molar-refractivity contribution in [1.82, 2.24) is 10.9 Å². The van der Waals surface area contributed by atoms with Crippen molar-refractivity contribution < 1.29 is 9.59 Å². The van der Waals surface area contributed by atoms with Crippen LogP contribution in [-0.2, 0) is 9.59 Å². The maximum atomic E-state index is 11.5. The number of benzene rings is 2. The van der Waals surface area contributed by atoms with Crippen LogP contribution >= 0.6 is 0 Å². The average Bonchev–Trinajstić information content (AvgIpc) is 2.68. The lowest BCUT2D eigenvalue weighted by molar-refractivity contribution is -0.139. The number of hydrogen-bond acceptors (Lipinski definition) is 4. The van der Waals surface area contributed by atoms with Crippen LogP contribution in [0.1, 0.15) is 11.1 Å².